The molecule has 0 aliphatic heterocycles. The van der Waals surface area contributed by atoms with Crippen LogP contribution in [0.1, 0.15) is 92.3 Å². The molecule has 2 nitrogen and oxygen atoms in total. The van der Waals surface area contributed by atoms with E-state index in [1.54, 1.807) is 3.57 Å². The molecule has 0 spiro atoms. The quantitative estimate of drug-likeness (QED) is 0.0544. The molecule has 6 rings (SSSR count). The fourth-order valence-corrected chi connectivity index (χ4v) is 11.2. The Morgan fingerprint density at radius 1 is 0.418 bits per heavy atom. The summed E-state index contributed by atoms with van der Waals surface area (Å²) in [6, 6.07) is 46.3. The number of rotatable bonds is 16. The molecule has 0 aliphatic rings. The van der Waals surface area contributed by atoms with Gasteiger partial charge in [0.2, 0.25) is 0 Å². The third-order valence-corrected chi connectivity index (χ3v) is 13.9. The third kappa shape index (κ3) is 9.55. The van der Waals surface area contributed by atoms with Crippen LogP contribution in [0.15, 0.2) is 121 Å². The molecule has 55 heavy (non-hydrogen) atoms. The van der Waals surface area contributed by atoms with E-state index in [9.17, 15) is 0 Å². The van der Waals surface area contributed by atoms with Crippen LogP contribution in [-0.2, 0) is 19.3 Å². The maximum absolute atomic E-state index is 2.47. The van der Waals surface area contributed by atoms with Crippen molar-refractivity contribution in [1.82, 2.24) is 0 Å². The van der Waals surface area contributed by atoms with Crippen molar-refractivity contribution < 1.29 is 0 Å². The predicted molar refractivity (Wildman–Crippen MR) is 251 cm³/mol. The fourth-order valence-electron chi connectivity index (χ4n) is 7.79. The molecule has 0 saturated heterocycles. The number of unbranched alkanes of at least 4 members (excludes halogenated alkanes) is 2. The number of nitrogens with zero attached hydrogens (tertiary/aromatic N) is 2. The molecule has 0 fully saturated rings. The van der Waals surface area contributed by atoms with Crippen LogP contribution >= 0.6 is 21.2 Å². The Kier molecular flexibility index (Phi) is 13.9. The van der Waals surface area contributed by atoms with E-state index in [1.807, 2.05) is 0 Å². The van der Waals surface area contributed by atoms with E-state index in [0.717, 1.165) is 19.3 Å². The van der Waals surface area contributed by atoms with Crippen molar-refractivity contribution >= 4 is 55.3 Å². The molecule has 0 unspecified atom stereocenters. The summed E-state index contributed by atoms with van der Waals surface area (Å²) < 4.78 is 2.95. The van der Waals surface area contributed by atoms with Gasteiger partial charge in [-0.3, -0.25) is 0 Å². The molecular weight excluding hydrogens is 779 g/mol. The monoisotopic (exact) mass is 840 g/mol. The van der Waals surface area contributed by atoms with Gasteiger partial charge in [0, 0.05) is 11.4 Å². The van der Waals surface area contributed by atoms with Crippen molar-refractivity contribution in [3.63, 3.8) is 0 Å². The van der Waals surface area contributed by atoms with Crippen molar-refractivity contribution in [2.75, 3.05) is 14.2 Å². The van der Waals surface area contributed by atoms with E-state index >= 15 is 0 Å². The first kappa shape index (κ1) is 40.3. The Bertz CT molecular complexity index is 2100. The second kappa shape index (κ2) is 19.0. The fraction of sp³-hybridized carbons (Fsp3) is 0.308. The molecule has 3 heteroatoms. The molecule has 0 aliphatic carbocycles. The zero-order chi connectivity index (χ0) is 38.9. The molecule has 6 aromatic carbocycles. The topological polar surface area (TPSA) is 6.48 Å². The average Bonchev–Trinajstić information content (AvgIpc) is 3.20. The van der Waals surface area contributed by atoms with Crippen LogP contribution in [0, 0.1) is 31.3 Å². The molecule has 6 aromatic rings. The van der Waals surface area contributed by atoms with E-state index in [2.05, 4.69) is 187 Å². The Morgan fingerprint density at radius 3 is 1.15 bits per heavy atom. The summed E-state index contributed by atoms with van der Waals surface area (Å²) in [5.41, 5.74) is 19.2. The van der Waals surface area contributed by atoms with Crippen LogP contribution in [0.5, 0.6) is 0 Å². The van der Waals surface area contributed by atoms with Gasteiger partial charge in [-0.05, 0) is 67.5 Å². The van der Waals surface area contributed by atoms with E-state index < -0.39 is 0 Å². The Hall–Kier alpha value is -4.35. The summed E-state index contributed by atoms with van der Waals surface area (Å²) in [6.07, 6.45) is 8.25. The minimum absolute atomic E-state index is 0.159. The zero-order valence-corrected chi connectivity index (χ0v) is 36.8. The van der Waals surface area contributed by atoms with Crippen molar-refractivity contribution in [3.8, 4) is 11.1 Å². The summed E-state index contributed by atoms with van der Waals surface area (Å²) >= 11 is -0.159. The predicted octanol–water partition coefficient (Wildman–Crippen LogP) is 15.7. The molecular formula is C52H61IN2. The molecule has 0 heterocycles. The van der Waals surface area contributed by atoms with Gasteiger partial charge < -0.3 is 4.90 Å². The Morgan fingerprint density at radius 2 is 0.782 bits per heavy atom. The van der Waals surface area contributed by atoms with Gasteiger partial charge in [-0.2, -0.15) is 0 Å². The summed E-state index contributed by atoms with van der Waals surface area (Å²) in [5, 5.41) is 0. The standard InChI is InChI=1S/C52H61IN2/c1-9-13-15-43-33-37(5)51(38(6)34-43)54(47-24-16-41(11-3)17-25-47)49-28-20-44(21-29-49)45-22-30-50(31-23-45)55(48-26-18-42(12-4)19-27-48)52-39(7)35-46(36-40(52)8)53-32-14-10-2/h16-31,33-36,53H,9-15,32H2,1-8H3. The second-order valence-electron chi connectivity index (χ2n) is 15.1. The van der Waals surface area contributed by atoms with Crippen LogP contribution in [-0.4, -0.2) is 4.43 Å². The summed E-state index contributed by atoms with van der Waals surface area (Å²) in [5.74, 6) is 0. The van der Waals surface area contributed by atoms with Gasteiger partial charge in [-0.25, -0.2) is 0 Å². The Balaban J connectivity index is 1.34. The number of anilines is 6. The van der Waals surface area contributed by atoms with Crippen LogP contribution in [0.4, 0.5) is 34.1 Å². The summed E-state index contributed by atoms with van der Waals surface area (Å²) in [7, 11) is 0. The molecule has 286 valence electrons. The first-order chi connectivity index (χ1) is 26.7. The second-order valence-corrected chi connectivity index (χ2v) is 18.4. The van der Waals surface area contributed by atoms with Crippen LogP contribution in [0.2, 0.25) is 0 Å². The third-order valence-electron chi connectivity index (χ3n) is 10.8. The van der Waals surface area contributed by atoms with E-state index in [-0.39, 0.29) is 21.2 Å². The van der Waals surface area contributed by atoms with E-state index in [4.69, 9.17) is 0 Å². The number of hydrogen-bond acceptors (Lipinski definition) is 2. The molecule has 0 N–H and O–H groups in total. The zero-order valence-electron chi connectivity index (χ0n) is 34.5. The van der Waals surface area contributed by atoms with Gasteiger partial charge in [0.1, 0.15) is 0 Å². The first-order valence-electron chi connectivity index (χ1n) is 20.6. The van der Waals surface area contributed by atoms with Crippen molar-refractivity contribution in [2.45, 2.75) is 100 Å². The van der Waals surface area contributed by atoms with Gasteiger partial charge >= 0.3 is 211 Å². The van der Waals surface area contributed by atoms with Gasteiger partial charge in [0.15, 0.2) is 0 Å². The molecule has 0 saturated carbocycles. The summed E-state index contributed by atoms with van der Waals surface area (Å²) in [6.45, 7) is 18.2. The normalized spacial score (nSPS) is 11.3. The molecule has 0 bridgehead atoms. The van der Waals surface area contributed by atoms with Crippen LogP contribution in [0.25, 0.3) is 11.1 Å². The Labute approximate surface area is 342 Å². The van der Waals surface area contributed by atoms with Gasteiger partial charge in [0.25, 0.3) is 0 Å². The summed E-state index contributed by atoms with van der Waals surface area (Å²) in [4.78, 5) is 4.91. The minimum atomic E-state index is -0.159. The van der Waals surface area contributed by atoms with Crippen molar-refractivity contribution in [2.24, 2.45) is 0 Å². The van der Waals surface area contributed by atoms with Crippen LogP contribution < -0.4 is 9.80 Å². The van der Waals surface area contributed by atoms with Gasteiger partial charge in [0.05, 0.1) is 5.69 Å². The molecule has 0 amide bonds. The number of hydrogen-bond donors (Lipinski definition) is 0. The van der Waals surface area contributed by atoms with Gasteiger partial charge in [-0.15, -0.1) is 0 Å². The molecule has 0 atom stereocenters. The average molecular weight is 841 g/mol. The number of aryl methyl sites for hydroxylation is 7. The molecule has 0 radical (unpaired) electrons. The first-order valence-corrected chi connectivity index (χ1v) is 23.4. The number of halogens is 1. The van der Waals surface area contributed by atoms with Crippen molar-refractivity contribution in [3.05, 3.63) is 164 Å². The van der Waals surface area contributed by atoms with Crippen molar-refractivity contribution in [1.29, 1.82) is 0 Å². The molecule has 0 aromatic heterocycles. The van der Waals surface area contributed by atoms with Crippen LogP contribution in [0.3, 0.4) is 0 Å². The van der Waals surface area contributed by atoms with E-state index in [0.29, 0.717) is 0 Å². The maximum atomic E-state index is 2.47. The SMILES string of the molecule is CCCC[IH]c1cc(C)c(N(c2ccc(CC)cc2)c2ccc(-c3ccc(N(c4ccc(CC)cc4)c4c(C)cc(CCCC)cc4C)cc3)cc2)c(C)c1. The van der Waals surface area contributed by atoms with E-state index in [1.165, 1.54) is 114 Å². The van der Waals surface area contributed by atoms with Gasteiger partial charge in [-0.1, -0.05) is 44.5 Å². The number of benzene rings is 6. The number of alkyl halides is 1.